The minimum atomic E-state index is -0.112. The molecule has 27 heavy (non-hydrogen) atoms. The number of carbonyl (C=O) groups excluding carboxylic acids is 1. The zero-order valence-electron chi connectivity index (χ0n) is 14.9. The van der Waals surface area contributed by atoms with E-state index in [1.807, 2.05) is 23.9 Å². The maximum Gasteiger partial charge on any atom is 0.234 e. The lowest BCUT2D eigenvalue weighted by atomic mass is 10.3. The van der Waals surface area contributed by atoms with E-state index in [0.29, 0.717) is 28.8 Å². The first-order valence-corrected chi connectivity index (χ1v) is 9.74. The largest absolute Gasteiger partial charge is 0.354 e. The van der Waals surface area contributed by atoms with E-state index < -0.39 is 0 Å². The van der Waals surface area contributed by atoms with Crippen molar-refractivity contribution in [2.24, 2.45) is 7.05 Å². The first kappa shape index (κ1) is 19.3. The molecular weight excluding hydrogens is 382 g/mol. The molecule has 2 heterocycles. The third-order valence-corrected chi connectivity index (χ3v) is 5.17. The van der Waals surface area contributed by atoms with E-state index >= 15 is 0 Å². The minimum absolute atomic E-state index is 0.112. The molecular formula is C19H20ClN5OS. The third-order valence-electron chi connectivity index (χ3n) is 3.96. The van der Waals surface area contributed by atoms with E-state index in [-0.39, 0.29) is 11.7 Å². The van der Waals surface area contributed by atoms with Crippen LogP contribution in [0.25, 0.3) is 0 Å². The lowest BCUT2D eigenvalue weighted by Crippen LogP contribution is -2.14. The van der Waals surface area contributed by atoms with Crippen LogP contribution in [0.4, 0.5) is 5.69 Å². The normalized spacial score (nSPS) is 10.7. The van der Waals surface area contributed by atoms with Crippen LogP contribution in [0.5, 0.6) is 0 Å². The standard InChI is InChI=1S/C19H20ClN5OS/c1-3-10-25-17(12-16-5-4-11-24(16)2)22-23-19(25)27-13-18(26)21-15-8-6-14(20)7-9-15/h3-9,11H,1,10,12-13H2,2H3,(H,21,26). The van der Waals surface area contributed by atoms with Crippen molar-refractivity contribution in [2.45, 2.75) is 18.1 Å². The van der Waals surface area contributed by atoms with Gasteiger partial charge in [-0.05, 0) is 36.4 Å². The summed E-state index contributed by atoms with van der Waals surface area (Å²) >= 11 is 7.21. The maximum atomic E-state index is 12.2. The Bertz CT molecular complexity index is 932. The number of hydrogen-bond acceptors (Lipinski definition) is 4. The lowest BCUT2D eigenvalue weighted by Gasteiger charge is -2.09. The number of rotatable bonds is 8. The Balaban J connectivity index is 1.65. The van der Waals surface area contributed by atoms with Gasteiger partial charge in [-0.25, -0.2) is 0 Å². The number of amides is 1. The van der Waals surface area contributed by atoms with Crippen LogP contribution >= 0.6 is 23.4 Å². The van der Waals surface area contributed by atoms with E-state index in [1.165, 1.54) is 11.8 Å². The Labute approximate surface area is 167 Å². The Morgan fingerprint density at radius 1 is 1.30 bits per heavy atom. The molecule has 1 amide bonds. The molecule has 0 aliphatic heterocycles. The van der Waals surface area contributed by atoms with Crippen molar-refractivity contribution >= 4 is 35.0 Å². The van der Waals surface area contributed by atoms with Gasteiger partial charge in [0.05, 0.1) is 5.75 Å². The number of nitrogens with one attached hydrogen (secondary N) is 1. The number of carbonyl (C=O) groups is 1. The zero-order chi connectivity index (χ0) is 19.2. The number of aromatic nitrogens is 4. The fourth-order valence-corrected chi connectivity index (χ4v) is 3.46. The Morgan fingerprint density at radius 2 is 2.07 bits per heavy atom. The number of allylic oxidation sites excluding steroid dienone is 1. The number of nitrogens with zero attached hydrogens (tertiary/aromatic N) is 4. The van der Waals surface area contributed by atoms with E-state index in [2.05, 4.69) is 32.7 Å². The summed E-state index contributed by atoms with van der Waals surface area (Å²) in [5.74, 6) is 0.971. The first-order valence-electron chi connectivity index (χ1n) is 8.38. The number of anilines is 1. The highest BCUT2D eigenvalue weighted by Gasteiger charge is 2.15. The van der Waals surface area contributed by atoms with Crippen LogP contribution in [-0.4, -0.2) is 31.0 Å². The van der Waals surface area contributed by atoms with Crippen molar-refractivity contribution in [3.63, 3.8) is 0 Å². The highest BCUT2D eigenvalue weighted by molar-refractivity contribution is 7.99. The molecule has 0 unspecified atom stereocenters. The average Bonchev–Trinajstić information content (AvgIpc) is 3.23. The highest BCUT2D eigenvalue weighted by atomic mass is 35.5. The summed E-state index contributed by atoms with van der Waals surface area (Å²) in [5, 5.41) is 12.7. The maximum absolute atomic E-state index is 12.2. The number of aryl methyl sites for hydroxylation is 1. The molecule has 3 rings (SSSR count). The van der Waals surface area contributed by atoms with Gasteiger partial charge in [-0.1, -0.05) is 29.4 Å². The molecule has 6 nitrogen and oxygen atoms in total. The fraction of sp³-hybridized carbons (Fsp3) is 0.211. The number of hydrogen-bond donors (Lipinski definition) is 1. The van der Waals surface area contributed by atoms with Crippen molar-refractivity contribution in [1.29, 1.82) is 0 Å². The summed E-state index contributed by atoms with van der Waals surface area (Å²) in [6.07, 6.45) is 4.47. The summed E-state index contributed by atoms with van der Waals surface area (Å²) in [4.78, 5) is 12.2. The van der Waals surface area contributed by atoms with Crippen LogP contribution in [0, 0.1) is 0 Å². The molecule has 0 bridgehead atoms. The Morgan fingerprint density at radius 3 is 2.74 bits per heavy atom. The molecule has 0 aliphatic carbocycles. The molecule has 0 spiro atoms. The second-order valence-electron chi connectivity index (χ2n) is 5.93. The molecule has 0 aliphatic rings. The van der Waals surface area contributed by atoms with Gasteiger partial charge in [0.2, 0.25) is 5.91 Å². The van der Waals surface area contributed by atoms with Crippen molar-refractivity contribution in [3.05, 3.63) is 71.8 Å². The highest BCUT2D eigenvalue weighted by Crippen LogP contribution is 2.20. The summed E-state index contributed by atoms with van der Waals surface area (Å²) in [6.45, 7) is 4.40. The fourth-order valence-electron chi connectivity index (χ4n) is 2.57. The van der Waals surface area contributed by atoms with Gasteiger partial charge in [0, 0.05) is 42.6 Å². The molecule has 0 atom stereocenters. The summed E-state index contributed by atoms with van der Waals surface area (Å²) in [7, 11) is 2.00. The Hall–Kier alpha value is -2.51. The van der Waals surface area contributed by atoms with Crippen molar-refractivity contribution in [2.75, 3.05) is 11.1 Å². The van der Waals surface area contributed by atoms with Crippen LogP contribution in [0.1, 0.15) is 11.5 Å². The minimum Gasteiger partial charge on any atom is -0.354 e. The molecule has 0 radical (unpaired) electrons. The molecule has 2 aromatic heterocycles. The monoisotopic (exact) mass is 401 g/mol. The second kappa shape index (κ2) is 8.92. The lowest BCUT2D eigenvalue weighted by molar-refractivity contribution is -0.113. The van der Waals surface area contributed by atoms with E-state index in [4.69, 9.17) is 11.6 Å². The van der Waals surface area contributed by atoms with Crippen molar-refractivity contribution in [1.82, 2.24) is 19.3 Å². The molecule has 0 saturated heterocycles. The number of benzene rings is 1. The quantitative estimate of drug-likeness (QED) is 0.461. The van der Waals surface area contributed by atoms with Gasteiger partial charge in [-0.3, -0.25) is 4.79 Å². The molecule has 1 aromatic carbocycles. The van der Waals surface area contributed by atoms with Crippen LogP contribution in [0.2, 0.25) is 5.02 Å². The zero-order valence-corrected chi connectivity index (χ0v) is 16.5. The summed E-state index contributed by atoms with van der Waals surface area (Å²) in [5.41, 5.74) is 1.85. The Kier molecular flexibility index (Phi) is 6.36. The smallest absolute Gasteiger partial charge is 0.234 e. The van der Waals surface area contributed by atoms with Gasteiger partial charge in [-0.2, -0.15) is 0 Å². The van der Waals surface area contributed by atoms with Crippen LogP contribution < -0.4 is 5.32 Å². The van der Waals surface area contributed by atoms with E-state index in [1.54, 1.807) is 30.3 Å². The average molecular weight is 402 g/mol. The summed E-state index contributed by atoms with van der Waals surface area (Å²) in [6, 6.07) is 11.1. The van der Waals surface area contributed by atoms with Crippen molar-refractivity contribution in [3.8, 4) is 0 Å². The molecule has 3 aromatic rings. The molecule has 8 heteroatoms. The van der Waals surface area contributed by atoms with Gasteiger partial charge in [0.1, 0.15) is 5.82 Å². The first-order chi connectivity index (χ1) is 13.1. The van der Waals surface area contributed by atoms with Gasteiger partial charge >= 0.3 is 0 Å². The molecule has 0 saturated carbocycles. The van der Waals surface area contributed by atoms with Crippen LogP contribution in [0.3, 0.4) is 0 Å². The second-order valence-corrected chi connectivity index (χ2v) is 7.31. The molecule has 1 N–H and O–H groups in total. The number of halogens is 1. The SMILES string of the molecule is C=CCn1c(Cc2cccn2C)nnc1SCC(=O)Nc1ccc(Cl)cc1. The van der Waals surface area contributed by atoms with Gasteiger partial charge in [0.15, 0.2) is 5.16 Å². The summed E-state index contributed by atoms with van der Waals surface area (Å²) < 4.78 is 4.04. The van der Waals surface area contributed by atoms with Crippen LogP contribution in [0.15, 0.2) is 60.4 Å². The van der Waals surface area contributed by atoms with Crippen molar-refractivity contribution < 1.29 is 4.79 Å². The number of thioether (sulfide) groups is 1. The van der Waals surface area contributed by atoms with E-state index in [9.17, 15) is 4.79 Å². The van der Waals surface area contributed by atoms with Crippen LogP contribution in [-0.2, 0) is 24.8 Å². The van der Waals surface area contributed by atoms with Gasteiger partial charge in [-0.15, -0.1) is 16.8 Å². The van der Waals surface area contributed by atoms with Gasteiger partial charge in [0.25, 0.3) is 0 Å². The molecule has 140 valence electrons. The predicted octanol–water partition coefficient (Wildman–Crippen LogP) is 3.78. The van der Waals surface area contributed by atoms with E-state index in [0.717, 1.165) is 11.5 Å². The molecule has 0 fully saturated rings. The third kappa shape index (κ3) is 5.02. The predicted molar refractivity (Wildman–Crippen MR) is 109 cm³/mol. The van der Waals surface area contributed by atoms with Gasteiger partial charge < -0.3 is 14.5 Å². The topological polar surface area (TPSA) is 64.7 Å².